The van der Waals surface area contributed by atoms with E-state index in [0.29, 0.717) is 11.8 Å². The van der Waals surface area contributed by atoms with Crippen LogP contribution >= 0.6 is 0 Å². The van der Waals surface area contributed by atoms with Crippen LogP contribution in [0.15, 0.2) is 48.8 Å². The summed E-state index contributed by atoms with van der Waals surface area (Å²) in [6, 6.07) is 12.5. The van der Waals surface area contributed by atoms with E-state index in [1.807, 2.05) is 17.2 Å². The molecule has 1 unspecified atom stereocenters. The molecule has 0 bridgehead atoms. The predicted octanol–water partition coefficient (Wildman–Crippen LogP) is 5.33. The monoisotopic (exact) mass is 420 g/mol. The number of carbonyl (C=O) groups excluding carboxylic acids is 1. The Balaban J connectivity index is 1.22. The zero-order chi connectivity index (χ0) is 21.6. The third-order valence-corrected chi connectivity index (χ3v) is 6.90. The molecular weight excluding hydrogens is 384 g/mol. The summed E-state index contributed by atoms with van der Waals surface area (Å²) in [5.41, 5.74) is 3.49. The number of carbonyl (C=O) groups is 1. The average Bonchev–Trinajstić information content (AvgIpc) is 2.75. The van der Waals surface area contributed by atoms with Gasteiger partial charge >= 0.3 is 6.03 Å². The summed E-state index contributed by atoms with van der Waals surface area (Å²) in [5, 5.41) is 3.05. The molecule has 0 radical (unpaired) electrons. The minimum absolute atomic E-state index is 0.0117. The molecule has 2 aliphatic rings. The first kappa shape index (κ1) is 21.8. The molecule has 1 atom stereocenters. The van der Waals surface area contributed by atoms with Gasteiger partial charge in [-0.05, 0) is 73.5 Å². The van der Waals surface area contributed by atoms with Gasteiger partial charge in [0, 0.05) is 43.6 Å². The molecule has 0 aliphatic carbocycles. The van der Waals surface area contributed by atoms with Gasteiger partial charge < -0.3 is 15.1 Å². The molecule has 2 fully saturated rings. The normalized spacial score (nSPS) is 19.1. The molecule has 5 heteroatoms. The average molecular weight is 421 g/mol. The molecule has 0 spiro atoms. The summed E-state index contributed by atoms with van der Waals surface area (Å²) in [6.45, 7) is 9.80. The molecule has 2 saturated heterocycles. The standard InChI is InChI=1S/C26H36N4O/c1-3-5-20(2)17-29-14-11-22(12-15-29)21-7-9-25(10-8-21)28-26(31)30-18-24(19-30)23-6-4-13-27-16-23/h4,6-10,13,16,20,22,24H,3,5,11-12,14-15,17-19H2,1-2H3,(H,28,31). The molecule has 3 heterocycles. The molecule has 2 amide bonds. The number of rotatable bonds is 7. The first-order chi connectivity index (χ1) is 15.1. The van der Waals surface area contributed by atoms with Gasteiger partial charge in [-0.1, -0.05) is 38.5 Å². The highest BCUT2D eigenvalue weighted by atomic mass is 16.2. The SMILES string of the molecule is CCCC(C)CN1CCC(c2ccc(NC(=O)N3CC(c4cccnc4)C3)cc2)CC1. The number of pyridine rings is 1. The van der Waals surface area contributed by atoms with E-state index in [9.17, 15) is 4.79 Å². The maximum Gasteiger partial charge on any atom is 0.321 e. The van der Waals surface area contributed by atoms with Crippen LogP contribution in [0, 0.1) is 5.92 Å². The molecule has 1 aromatic heterocycles. The predicted molar refractivity (Wildman–Crippen MR) is 126 cm³/mol. The number of anilines is 1. The number of amides is 2. The second-order valence-electron chi connectivity index (χ2n) is 9.41. The first-order valence-electron chi connectivity index (χ1n) is 11.9. The Morgan fingerprint density at radius 1 is 1.10 bits per heavy atom. The minimum atomic E-state index is -0.0117. The number of nitrogens with one attached hydrogen (secondary N) is 1. The summed E-state index contributed by atoms with van der Waals surface area (Å²) >= 11 is 0. The van der Waals surface area contributed by atoms with Crippen molar-refractivity contribution >= 4 is 11.7 Å². The van der Waals surface area contributed by atoms with E-state index in [0.717, 1.165) is 24.7 Å². The van der Waals surface area contributed by atoms with Crippen LogP contribution in [0.2, 0.25) is 0 Å². The van der Waals surface area contributed by atoms with Crippen molar-refractivity contribution in [3.63, 3.8) is 0 Å². The third kappa shape index (κ3) is 5.65. The number of aromatic nitrogens is 1. The highest BCUT2D eigenvalue weighted by Gasteiger charge is 2.31. The number of urea groups is 1. The van der Waals surface area contributed by atoms with Crippen LogP contribution in [0.5, 0.6) is 0 Å². The largest absolute Gasteiger partial charge is 0.323 e. The lowest BCUT2D eigenvalue weighted by molar-refractivity contribution is 0.164. The minimum Gasteiger partial charge on any atom is -0.323 e. The van der Waals surface area contributed by atoms with Gasteiger partial charge in [0.05, 0.1) is 0 Å². The molecule has 2 aromatic rings. The molecule has 2 aliphatic heterocycles. The number of nitrogens with zero attached hydrogens (tertiary/aromatic N) is 3. The lowest BCUT2D eigenvalue weighted by Crippen LogP contribution is -2.50. The summed E-state index contributed by atoms with van der Waals surface area (Å²) in [7, 11) is 0. The fourth-order valence-electron chi connectivity index (χ4n) is 4.99. The van der Waals surface area contributed by atoms with E-state index in [1.54, 1.807) is 6.20 Å². The highest BCUT2D eigenvalue weighted by molar-refractivity contribution is 5.90. The van der Waals surface area contributed by atoms with Crippen molar-refractivity contribution < 1.29 is 4.79 Å². The summed E-state index contributed by atoms with van der Waals surface area (Å²) in [4.78, 5) is 21.2. The van der Waals surface area contributed by atoms with Crippen LogP contribution in [-0.2, 0) is 0 Å². The first-order valence-corrected chi connectivity index (χ1v) is 11.9. The molecular formula is C26H36N4O. The highest BCUT2D eigenvalue weighted by Crippen LogP contribution is 2.30. The van der Waals surface area contributed by atoms with Crippen molar-refractivity contribution in [1.29, 1.82) is 0 Å². The Morgan fingerprint density at radius 2 is 1.84 bits per heavy atom. The van der Waals surface area contributed by atoms with Gasteiger partial charge in [0.25, 0.3) is 0 Å². The smallest absolute Gasteiger partial charge is 0.321 e. The molecule has 1 N–H and O–H groups in total. The van der Waals surface area contributed by atoms with Gasteiger partial charge in [-0.15, -0.1) is 0 Å². The lowest BCUT2D eigenvalue weighted by Gasteiger charge is -2.39. The fraction of sp³-hybridized carbons (Fsp3) is 0.538. The Morgan fingerprint density at radius 3 is 2.48 bits per heavy atom. The van der Waals surface area contributed by atoms with E-state index in [-0.39, 0.29) is 6.03 Å². The molecule has 4 rings (SSSR count). The van der Waals surface area contributed by atoms with E-state index in [1.165, 1.54) is 56.4 Å². The quantitative estimate of drug-likeness (QED) is 0.659. The molecule has 166 valence electrons. The zero-order valence-corrected chi connectivity index (χ0v) is 19.0. The van der Waals surface area contributed by atoms with Crippen LogP contribution < -0.4 is 5.32 Å². The number of benzene rings is 1. The number of hydrogen-bond acceptors (Lipinski definition) is 3. The van der Waals surface area contributed by atoms with Gasteiger partial charge in [-0.25, -0.2) is 4.79 Å². The fourth-order valence-corrected chi connectivity index (χ4v) is 4.99. The zero-order valence-electron chi connectivity index (χ0n) is 19.0. The van der Waals surface area contributed by atoms with Crippen molar-refractivity contribution in [2.24, 2.45) is 5.92 Å². The van der Waals surface area contributed by atoms with Crippen molar-refractivity contribution in [3.8, 4) is 0 Å². The Kier molecular flexibility index (Phi) is 7.23. The Bertz CT molecular complexity index is 824. The molecule has 31 heavy (non-hydrogen) atoms. The number of hydrogen-bond donors (Lipinski definition) is 1. The van der Waals surface area contributed by atoms with Gasteiger partial charge in [0.15, 0.2) is 0 Å². The van der Waals surface area contributed by atoms with Crippen LogP contribution in [-0.4, -0.2) is 53.5 Å². The maximum atomic E-state index is 12.5. The van der Waals surface area contributed by atoms with Crippen molar-refractivity contribution in [2.45, 2.75) is 51.4 Å². The maximum absolute atomic E-state index is 12.5. The summed E-state index contributed by atoms with van der Waals surface area (Å²) < 4.78 is 0. The van der Waals surface area contributed by atoms with Crippen LogP contribution in [0.25, 0.3) is 0 Å². The summed E-state index contributed by atoms with van der Waals surface area (Å²) in [6.07, 6.45) is 8.75. The van der Waals surface area contributed by atoms with E-state index >= 15 is 0 Å². The second-order valence-corrected chi connectivity index (χ2v) is 9.41. The van der Waals surface area contributed by atoms with E-state index in [4.69, 9.17) is 0 Å². The number of likely N-dealkylation sites (tertiary alicyclic amines) is 2. The van der Waals surface area contributed by atoms with Crippen molar-refractivity contribution in [3.05, 3.63) is 59.9 Å². The molecule has 5 nitrogen and oxygen atoms in total. The van der Waals surface area contributed by atoms with Gasteiger partial charge in [0.1, 0.15) is 0 Å². The van der Waals surface area contributed by atoms with Crippen LogP contribution in [0.3, 0.4) is 0 Å². The lowest BCUT2D eigenvalue weighted by atomic mass is 9.89. The van der Waals surface area contributed by atoms with E-state index < -0.39 is 0 Å². The Labute approximate surface area is 186 Å². The summed E-state index contributed by atoms with van der Waals surface area (Å²) in [5.74, 6) is 1.84. The Hall–Kier alpha value is -2.40. The van der Waals surface area contributed by atoms with Gasteiger partial charge in [0.2, 0.25) is 0 Å². The van der Waals surface area contributed by atoms with Crippen molar-refractivity contribution in [1.82, 2.24) is 14.8 Å². The second kappa shape index (κ2) is 10.3. The van der Waals surface area contributed by atoms with Crippen molar-refractivity contribution in [2.75, 3.05) is 38.0 Å². The van der Waals surface area contributed by atoms with E-state index in [2.05, 4.69) is 59.4 Å². The van der Waals surface area contributed by atoms with Gasteiger partial charge in [-0.2, -0.15) is 0 Å². The van der Waals surface area contributed by atoms with Crippen LogP contribution in [0.4, 0.5) is 10.5 Å². The van der Waals surface area contributed by atoms with Crippen LogP contribution in [0.1, 0.15) is 62.5 Å². The molecule has 0 saturated carbocycles. The van der Waals surface area contributed by atoms with Gasteiger partial charge in [-0.3, -0.25) is 4.98 Å². The topological polar surface area (TPSA) is 48.5 Å². The third-order valence-electron chi connectivity index (χ3n) is 6.90. The molecule has 1 aromatic carbocycles. The number of piperidine rings is 1.